The van der Waals surface area contributed by atoms with Crippen molar-refractivity contribution >= 4 is 5.91 Å². The molecule has 84 valence electrons. The van der Waals surface area contributed by atoms with Gasteiger partial charge >= 0.3 is 0 Å². The zero-order valence-corrected chi connectivity index (χ0v) is 9.12. The Labute approximate surface area is 89.0 Å². The van der Waals surface area contributed by atoms with Gasteiger partial charge in [-0.05, 0) is 20.3 Å². The lowest BCUT2D eigenvalue weighted by Gasteiger charge is -2.04. The van der Waals surface area contributed by atoms with Gasteiger partial charge in [-0.25, -0.2) is 0 Å². The van der Waals surface area contributed by atoms with Crippen LogP contribution < -0.4 is 11.1 Å². The van der Waals surface area contributed by atoms with Crippen LogP contribution in [0.5, 0.6) is 0 Å². The molecule has 0 spiro atoms. The van der Waals surface area contributed by atoms with Crippen LogP contribution in [0.2, 0.25) is 0 Å². The van der Waals surface area contributed by atoms with Crippen molar-refractivity contribution in [1.82, 2.24) is 10.5 Å². The molecule has 1 amide bonds. The number of aryl methyl sites for hydroxylation is 1. The normalized spacial score (nSPS) is 12.5. The summed E-state index contributed by atoms with van der Waals surface area (Å²) < 4.78 is 4.87. The number of rotatable bonds is 5. The minimum atomic E-state index is -0.00652. The molecule has 0 aromatic carbocycles. The van der Waals surface area contributed by atoms with Crippen LogP contribution in [0.15, 0.2) is 10.6 Å². The van der Waals surface area contributed by atoms with Gasteiger partial charge < -0.3 is 15.6 Å². The Hall–Kier alpha value is -1.36. The first-order valence-electron chi connectivity index (χ1n) is 5.02. The third-order valence-electron chi connectivity index (χ3n) is 1.97. The van der Waals surface area contributed by atoms with Crippen molar-refractivity contribution in [1.29, 1.82) is 0 Å². The van der Waals surface area contributed by atoms with Crippen molar-refractivity contribution < 1.29 is 9.32 Å². The number of amides is 1. The Morgan fingerprint density at radius 3 is 3.00 bits per heavy atom. The third-order valence-corrected chi connectivity index (χ3v) is 1.97. The van der Waals surface area contributed by atoms with Gasteiger partial charge in [-0.15, -0.1) is 0 Å². The summed E-state index contributed by atoms with van der Waals surface area (Å²) in [5, 5.41) is 6.52. The molecular weight excluding hydrogens is 194 g/mol. The van der Waals surface area contributed by atoms with E-state index >= 15 is 0 Å². The molecule has 0 saturated heterocycles. The fourth-order valence-corrected chi connectivity index (χ4v) is 1.14. The molecule has 0 aliphatic heterocycles. The van der Waals surface area contributed by atoms with Crippen molar-refractivity contribution in [2.24, 2.45) is 5.73 Å². The molecule has 1 heterocycles. The average molecular weight is 211 g/mol. The minimum absolute atomic E-state index is 0.00652. The summed E-state index contributed by atoms with van der Waals surface area (Å²) >= 11 is 0. The van der Waals surface area contributed by atoms with Gasteiger partial charge in [-0.2, -0.15) is 0 Å². The van der Waals surface area contributed by atoms with Crippen molar-refractivity contribution in [3.63, 3.8) is 0 Å². The third kappa shape index (κ3) is 4.60. The first-order valence-corrected chi connectivity index (χ1v) is 5.02. The maximum absolute atomic E-state index is 11.3. The number of carbonyl (C=O) groups excluding carboxylic acids is 1. The standard InChI is InChI=1S/C10H17N3O2/c1-7(11)3-4-10(14)12-6-9-5-8(2)15-13-9/h5,7H,3-4,6,11H2,1-2H3,(H,12,14). The zero-order chi connectivity index (χ0) is 11.3. The highest BCUT2D eigenvalue weighted by Gasteiger charge is 2.05. The quantitative estimate of drug-likeness (QED) is 0.752. The number of nitrogens with one attached hydrogen (secondary N) is 1. The van der Waals surface area contributed by atoms with Crippen molar-refractivity contribution in [2.45, 2.75) is 39.3 Å². The number of aromatic nitrogens is 1. The molecule has 0 aliphatic carbocycles. The first kappa shape index (κ1) is 11.7. The largest absolute Gasteiger partial charge is 0.361 e. The van der Waals surface area contributed by atoms with E-state index in [0.717, 1.165) is 11.5 Å². The fourth-order valence-electron chi connectivity index (χ4n) is 1.14. The van der Waals surface area contributed by atoms with E-state index in [9.17, 15) is 4.79 Å². The second-order valence-corrected chi connectivity index (χ2v) is 3.72. The van der Waals surface area contributed by atoms with Crippen LogP contribution >= 0.6 is 0 Å². The van der Waals surface area contributed by atoms with Crippen LogP contribution in [0.25, 0.3) is 0 Å². The Morgan fingerprint density at radius 2 is 2.47 bits per heavy atom. The molecule has 1 unspecified atom stereocenters. The van der Waals surface area contributed by atoms with E-state index in [0.29, 0.717) is 19.4 Å². The molecule has 1 atom stereocenters. The van der Waals surface area contributed by atoms with Crippen molar-refractivity contribution in [2.75, 3.05) is 0 Å². The lowest BCUT2D eigenvalue weighted by Crippen LogP contribution is -2.25. The zero-order valence-electron chi connectivity index (χ0n) is 9.12. The molecule has 1 rings (SSSR count). The van der Waals surface area contributed by atoms with Crippen LogP contribution in [0.3, 0.4) is 0 Å². The smallest absolute Gasteiger partial charge is 0.220 e. The van der Waals surface area contributed by atoms with Crippen LogP contribution in [0, 0.1) is 6.92 Å². The summed E-state index contributed by atoms with van der Waals surface area (Å²) in [4.78, 5) is 11.3. The van der Waals surface area contributed by atoms with Gasteiger partial charge in [0, 0.05) is 18.5 Å². The van der Waals surface area contributed by atoms with Gasteiger partial charge in [0.05, 0.1) is 6.54 Å². The van der Waals surface area contributed by atoms with Crippen molar-refractivity contribution in [3.8, 4) is 0 Å². The Morgan fingerprint density at radius 1 is 1.73 bits per heavy atom. The summed E-state index contributed by atoms with van der Waals surface area (Å²) in [7, 11) is 0. The molecule has 15 heavy (non-hydrogen) atoms. The molecular formula is C10H17N3O2. The van der Waals surface area contributed by atoms with Gasteiger partial charge in [-0.1, -0.05) is 5.16 Å². The summed E-state index contributed by atoms with van der Waals surface area (Å²) in [6, 6.07) is 1.86. The highest BCUT2D eigenvalue weighted by molar-refractivity contribution is 5.75. The summed E-state index contributed by atoms with van der Waals surface area (Å²) in [6.45, 7) is 4.11. The number of hydrogen-bond donors (Lipinski definition) is 2. The number of hydrogen-bond acceptors (Lipinski definition) is 4. The fraction of sp³-hybridized carbons (Fsp3) is 0.600. The summed E-state index contributed by atoms with van der Waals surface area (Å²) in [6.07, 6.45) is 1.15. The molecule has 0 fully saturated rings. The van der Waals surface area contributed by atoms with Crippen LogP contribution in [-0.4, -0.2) is 17.1 Å². The van der Waals surface area contributed by atoms with E-state index in [1.165, 1.54) is 0 Å². The van der Waals surface area contributed by atoms with E-state index in [2.05, 4.69) is 10.5 Å². The SMILES string of the molecule is Cc1cc(CNC(=O)CCC(C)N)no1. The van der Waals surface area contributed by atoms with Gasteiger partial charge in [0.25, 0.3) is 0 Å². The van der Waals surface area contributed by atoms with Crippen LogP contribution in [0.1, 0.15) is 31.2 Å². The topological polar surface area (TPSA) is 81.2 Å². The van der Waals surface area contributed by atoms with E-state index < -0.39 is 0 Å². The second-order valence-electron chi connectivity index (χ2n) is 3.72. The maximum atomic E-state index is 11.3. The van der Waals surface area contributed by atoms with E-state index in [1.807, 2.05) is 13.8 Å². The van der Waals surface area contributed by atoms with E-state index in [-0.39, 0.29) is 11.9 Å². The highest BCUT2D eigenvalue weighted by atomic mass is 16.5. The highest BCUT2D eigenvalue weighted by Crippen LogP contribution is 2.01. The Balaban J connectivity index is 2.22. The molecule has 3 N–H and O–H groups in total. The van der Waals surface area contributed by atoms with Crippen LogP contribution in [-0.2, 0) is 11.3 Å². The molecule has 1 aromatic rings. The molecule has 5 heteroatoms. The number of nitrogens with two attached hydrogens (primary N) is 1. The predicted molar refractivity (Wildman–Crippen MR) is 56.0 cm³/mol. The average Bonchev–Trinajstić information content (AvgIpc) is 2.58. The van der Waals surface area contributed by atoms with E-state index in [4.69, 9.17) is 10.3 Å². The molecule has 0 saturated carbocycles. The minimum Gasteiger partial charge on any atom is -0.361 e. The van der Waals surface area contributed by atoms with E-state index in [1.54, 1.807) is 6.07 Å². The predicted octanol–water partition coefficient (Wildman–Crippen LogP) is 0.727. The van der Waals surface area contributed by atoms with Crippen LogP contribution in [0.4, 0.5) is 0 Å². The first-order chi connectivity index (χ1) is 7.08. The summed E-state index contributed by atoms with van der Waals surface area (Å²) in [5.74, 6) is 0.739. The maximum Gasteiger partial charge on any atom is 0.220 e. The van der Waals surface area contributed by atoms with Gasteiger partial charge in [-0.3, -0.25) is 4.79 Å². The lowest BCUT2D eigenvalue weighted by atomic mass is 10.2. The number of carbonyl (C=O) groups is 1. The van der Waals surface area contributed by atoms with Gasteiger partial charge in [0.15, 0.2) is 0 Å². The Kier molecular flexibility index (Phi) is 4.30. The lowest BCUT2D eigenvalue weighted by molar-refractivity contribution is -0.121. The molecule has 0 aliphatic rings. The van der Waals surface area contributed by atoms with Gasteiger partial charge in [0.1, 0.15) is 11.5 Å². The molecule has 1 aromatic heterocycles. The summed E-state index contributed by atoms with van der Waals surface area (Å²) in [5.41, 5.74) is 6.28. The molecule has 5 nitrogen and oxygen atoms in total. The molecule has 0 bridgehead atoms. The van der Waals surface area contributed by atoms with Crippen molar-refractivity contribution in [3.05, 3.63) is 17.5 Å². The van der Waals surface area contributed by atoms with Gasteiger partial charge in [0.2, 0.25) is 5.91 Å². The monoisotopic (exact) mass is 211 g/mol. The number of nitrogens with zero attached hydrogens (tertiary/aromatic N) is 1. The second kappa shape index (κ2) is 5.50. The molecule has 0 radical (unpaired) electrons. The Bertz CT molecular complexity index is 320.